The van der Waals surface area contributed by atoms with Gasteiger partial charge in [-0.2, -0.15) is 0 Å². The van der Waals surface area contributed by atoms with Crippen molar-refractivity contribution < 1.29 is 9.18 Å². The van der Waals surface area contributed by atoms with Crippen molar-refractivity contribution >= 4 is 11.9 Å². The summed E-state index contributed by atoms with van der Waals surface area (Å²) in [7, 11) is 0. The number of benzene rings is 1. The molecule has 0 spiro atoms. The van der Waals surface area contributed by atoms with Crippen LogP contribution in [0.2, 0.25) is 0 Å². The zero-order valence-corrected chi connectivity index (χ0v) is 15.1. The lowest BCUT2D eigenvalue weighted by atomic mass is 10.1. The molecule has 0 saturated heterocycles. The number of halogens is 1. The Morgan fingerprint density at radius 1 is 1.19 bits per heavy atom. The second-order valence-electron chi connectivity index (χ2n) is 5.70. The van der Waals surface area contributed by atoms with Crippen LogP contribution in [-0.4, -0.2) is 36.5 Å². The number of aryl methyl sites for hydroxylation is 1. The first-order chi connectivity index (χ1) is 12.6. The number of nitrogens with zero attached hydrogens (tertiary/aromatic N) is 2. The molecule has 0 atom stereocenters. The van der Waals surface area contributed by atoms with Gasteiger partial charge in [0.25, 0.3) is 5.91 Å². The van der Waals surface area contributed by atoms with Crippen LogP contribution in [0.1, 0.15) is 28.4 Å². The number of carbonyl (C=O) groups excluding carboxylic acids is 1. The van der Waals surface area contributed by atoms with Gasteiger partial charge in [0.2, 0.25) is 0 Å². The van der Waals surface area contributed by atoms with E-state index in [0.29, 0.717) is 43.3 Å². The van der Waals surface area contributed by atoms with Gasteiger partial charge in [-0.25, -0.2) is 9.38 Å². The highest BCUT2D eigenvalue weighted by atomic mass is 19.1. The molecule has 2 aromatic rings. The van der Waals surface area contributed by atoms with E-state index in [1.165, 1.54) is 12.3 Å². The molecule has 0 saturated carbocycles. The molecule has 0 bridgehead atoms. The minimum atomic E-state index is -0.228. The fourth-order valence-electron chi connectivity index (χ4n) is 2.20. The van der Waals surface area contributed by atoms with Crippen molar-refractivity contribution in [3.8, 4) is 0 Å². The molecular weight excluding hydrogens is 333 g/mol. The van der Waals surface area contributed by atoms with E-state index in [1.54, 1.807) is 31.3 Å². The van der Waals surface area contributed by atoms with Gasteiger partial charge >= 0.3 is 0 Å². The lowest BCUT2D eigenvalue weighted by molar-refractivity contribution is 0.0954. The predicted molar refractivity (Wildman–Crippen MR) is 101 cm³/mol. The number of hydrogen-bond donors (Lipinski definition) is 3. The third kappa shape index (κ3) is 6.16. The molecule has 0 aliphatic carbocycles. The van der Waals surface area contributed by atoms with E-state index < -0.39 is 0 Å². The molecule has 6 nitrogen and oxygen atoms in total. The first-order valence-electron chi connectivity index (χ1n) is 8.55. The Labute approximate surface area is 152 Å². The minimum Gasteiger partial charge on any atom is -0.357 e. The van der Waals surface area contributed by atoms with Crippen molar-refractivity contribution in [3.05, 3.63) is 65.2 Å². The normalized spacial score (nSPS) is 11.1. The number of guanidine groups is 1. The molecule has 0 radical (unpaired) electrons. The van der Waals surface area contributed by atoms with Crippen LogP contribution < -0.4 is 16.0 Å². The molecule has 0 unspecified atom stereocenters. The third-order valence-corrected chi connectivity index (χ3v) is 3.63. The molecule has 26 heavy (non-hydrogen) atoms. The summed E-state index contributed by atoms with van der Waals surface area (Å²) in [6.45, 7) is 5.73. The first-order valence-corrected chi connectivity index (χ1v) is 8.55. The number of hydrogen-bond acceptors (Lipinski definition) is 3. The quantitative estimate of drug-likeness (QED) is 0.402. The monoisotopic (exact) mass is 357 g/mol. The summed E-state index contributed by atoms with van der Waals surface area (Å²) in [4.78, 5) is 20.3. The molecule has 1 amide bonds. The molecule has 1 heterocycles. The number of rotatable bonds is 7. The van der Waals surface area contributed by atoms with Gasteiger partial charge in [-0.1, -0.05) is 12.1 Å². The summed E-state index contributed by atoms with van der Waals surface area (Å²) in [5.41, 5.74) is 1.94. The van der Waals surface area contributed by atoms with Crippen LogP contribution in [0.25, 0.3) is 0 Å². The van der Waals surface area contributed by atoms with Gasteiger partial charge < -0.3 is 16.0 Å². The second kappa shape index (κ2) is 10.1. The summed E-state index contributed by atoms with van der Waals surface area (Å²) in [6, 6.07) is 8.53. The maximum Gasteiger partial charge on any atom is 0.252 e. The van der Waals surface area contributed by atoms with E-state index in [2.05, 4.69) is 25.9 Å². The van der Waals surface area contributed by atoms with Gasteiger partial charge in [-0.05, 0) is 43.2 Å². The number of carbonyl (C=O) groups is 1. The van der Waals surface area contributed by atoms with Crippen LogP contribution >= 0.6 is 0 Å². The Kier molecular flexibility index (Phi) is 7.54. The largest absolute Gasteiger partial charge is 0.357 e. The van der Waals surface area contributed by atoms with Gasteiger partial charge in [0, 0.05) is 32.0 Å². The fourth-order valence-corrected chi connectivity index (χ4v) is 2.20. The maximum atomic E-state index is 13.6. The summed E-state index contributed by atoms with van der Waals surface area (Å²) < 4.78 is 13.6. The van der Waals surface area contributed by atoms with Crippen molar-refractivity contribution in [2.75, 3.05) is 19.6 Å². The molecule has 7 heteroatoms. The Bertz CT molecular complexity index is 749. The van der Waals surface area contributed by atoms with E-state index in [1.807, 2.05) is 13.0 Å². The summed E-state index contributed by atoms with van der Waals surface area (Å²) in [5.74, 6) is 0.217. The van der Waals surface area contributed by atoms with E-state index in [0.717, 1.165) is 5.56 Å². The minimum absolute atomic E-state index is 0.169. The molecule has 0 aliphatic rings. The molecule has 138 valence electrons. The predicted octanol–water partition coefficient (Wildman–Crippen LogP) is 2.01. The first kappa shape index (κ1) is 19.4. The maximum absolute atomic E-state index is 13.6. The third-order valence-electron chi connectivity index (χ3n) is 3.63. The molecule has 1 aromatic heterocycles. The molecular formula is C19H24FN5O. The van der Waals surface area contributed by atoms with Crippen molar-refractivity contribution in [2.24, 2.45) is 4.99 Å². The zero-order chi connectivity index (χ0) is 18.8. The fraction of sp³-hybridized carbons (Fsp3) is 0.316. The van der Waals surface area contributed by atoms with Crippen molar-refractivity contribution in [2.45, 2.75) is 20.4 Å². The van der Waals surface area contributed by atoms with E-state index in [-0.39, 0.29) is 11.7 Å². The highest BCUT2D eigenvalue weighted by Gasteiger charge is 2.04. The van der Waals surface area contributed by atoms with Crippen LogP contribution in [0.4, 0.5) is 4.39 Å². The summed E-state index contributed by atoms with van der Waals surface area (Å²) >= 11 is 0. The molecule has 3 N–H and O–H groups in total. The SMILES string of the molecule is CCNC(=NCc1ccc(C)c(F)c1)NCCNC(=O)c1cccnc1. The summed E-state index contributed by atoms with van der Waals surface area (Å²) in [5, 5.41) is 9.07. The van der Waals surface area contributed by atoms with Crippen molar-refractivity contribution in [3.63, 3.8) is 0 Å². The molecule has 1 aromatic carbocycles. The van der Waals surface area contributed by atoms with Crippen LogP contribution in [0.15, 0.2) is 47.7 Å². The number of nitrogens with one attached hydrogen (secondary N) is 3. The van der Waals surface area contributed by atoms with E-state index in [4.69, 9.17) is 0 Å². The van der Waals surface area contributed by atoms with Crippen LogP contribution in [0.5, 0.6) is 0 Å². The number of aliphatic imine (C=N–C) groups is 1. The van der Waals surface area contributed by atoms with Gasteiger partial charge in [-0.3, -0.25) is 9.78 Å². The van der Waals surface area contributed by atoms with E-state index in [9.17, 15) is 9.18 Å². The van der Waals surface area contributed by atoms with Crippen LogP contribution in [0, 0.1) is 12.7 Å². The summed E-state index contributed by atoms with van der Waals surface area (Å²) in [6.07, 6.45) is 3.15. The number of pyridine rings is 1. The average Bonchev–Trinajstić information content (AvgIpc) is 2.66. The Morgan fingerprint density at radius 3 is 2.69 bits per heavy atom. The average molecular weight is 357 g/mol. The topological polar surface area (TPSA) is 78.4 Å². The Morgan fingerprint density at radius 2 is 2.00 bits per heavy atom. The number of aromatic nitrogens is 1. The molecule has 0 fully saturated rings. The second-order valence-corrected chi connectivity index (χ2v) is 5.70. The highest BCUT2D eigenvalue weighted by Crippen LogP contribution is 2.09. The van der Waals surface area contributed by atoms with Crippen molar-refractivity contribution in [1.82, 2.24) is 20.9 Å². The van der Waals surface area contributed by atoms with Crippen molar-refractivity contribution in [1.29, 1.82) is 0 Å². The van der Waals surface area contributed by atoms with Gasteiger partial charge in [0.15, 0.2) is 5.96 Å². The zero-order valence-electron chi connectivity index (χ0n) is 15.1. The standard InChI is InChI=1S/C19H24FN5O/c1-3-22-19(25-12-15-7-6-14(2)17(20)11-15)24-10-9-23-18(26)16-5-4-8-21-13-16/h4-8,11,13H,3,9-10,12H2,1-2H3,(H,23,26)(H2,22,24,25). The Hall–Kier alpha value is -2.96. The molecule has 0 aliphatic heterocycles. The lowest BCUT2D eigenvalue weighted by Gasteiger charge is -2.12. The Balaban J connectivity index is 1.81. The smallest absolute Gasteiger partial charge is 0.252 e. The van der Waals surface area contributed by atoms with Crippen LogP contribution in [-0.2, 0) is 6.54 Å². The van der Waals surface area contributed by atoms with Crippen LogP contribution in [0.3, 0.4) is 0 Å². The van der Waals surface area contributed by atoms with Gasteiger partial charge in [0.05, 0.1) is 12.1 Å². The number of amides is 1. The molecule has 2 rings (SSSR count). The van der Waals surface area contributed by atoms with Gasteiger partial charge in [-0.15, -0.1) is 0 Å². The lowest BCUT2D eigenvalue weighted by Crippen LogP contribution is -2.41. The van der Waals surface area contributed by atoms with E-state index >= 15 is 0 Å². The highest BCUT2D eigenvalue weighted by molar-refractivity contribution is 5.93. The van der Waals surface area contributed by atoms with Gasteiger partial charge in [0.1, 0.15) is 5.82 Å².